The molecule has 4 nitrogen and oxygen atoms in total. The first-order chi connectivity index (χ1) is 7.99. The standard InChI is InChI=1S/C11H10FIO4/c1-7(14)16-6-17-11(15)4-8-2-3-9(13)5-10(8)12/h2-3,5H,4,6H2,1H3. The minimum Gasteiger partial charge on any atom is -0.428 e. The summed E-state index contributed by atoms with van der Waals surface area (Å²) in [6.45, 7) is 0.757. The van der Waals surface area contributed by atoms with Crippen LogP contribution in [0.2, 0.25) is 0 Å². The number of ether oxygens (including phenoxy) is 2. The summed E-state index contributed by atoms with van der Waals surface area (Å²) in [4.78, 5) is 21.6. The molecule has 0 atom stereocenters. The highest BCUT2D eigenvalue weighted by molar-refractivity contribution is 14.1. The SMILES string of the molecule is CC(=O)OCOC(=O)Cc1ccc(I)cc1F. The van der Waals surface area contributed by atoms with Gasteiger partial charge in [0, 0.05) is 10.5 Å². The summed E-state index contributed by atoms with van der Waals surface area (Å²) in [5.41, 5.74) is 0.248. The summed E-state index contributed by atoms with van der Waals surface area (Å²) >= 11 is 1.97. The van der Waals surface area contributed by atoms with Crippen LogP contribution in [0.5, 0.6) is 0 Å². The summed E-state index contributed by atoms with van der Waals surface area (Å²) in [5, 5.41) is 0. The molecule has 0 aliphatic rings. The molecule has 17 heavy (non-hydrogen) atoms. The van der Waals surface area contributed by atoms with E-state index in [9.17, 15) is 14.0 Å². The van der Waals surface area contributed by atoms with Gasteiger partial charge in [-0.1, -0.05) is 6.07 Å². The van der Waals surface area contributed by atoms with E-state index in [1.807, 2.05) is 22.6 Å². The van der Waals surface area contributed by atoms with Gasteiger partial charge in [0.25, 0.3) is 0 Å². The number of carbonyl (C=O) groups excluding carboxylic acids is 2. The van der Waals surface area contributed by atoms with E-state index in [-0.39, 0.29) is 12.0 Å². The number of hydrogen-bond donors (Lipinski definition) is 0. The highest BCUT2D eigenvalue weighted by atomic mass is 127. The van der Waals surface area contributed by atoms with Crippen molar-refractivity contribution < 1.29 is 23.5 Å². The van der Waals surface area contributed by atoms with Crippen LogP contribution in [0.4, 0.5) is 4.39 Å². The van der Waals surface area contributed by atoms with Gasteiger partial charge in [-0.3, -0.25) is 9.59 Å². The highest BCUT2D eigenvalue weighted by Gasteiger charge is 2.10. The lowest BCUT2D eigenvalue weighted by Crippen LogP contribution is -2.13. The predicted octanol–water partition coefficient (Wildman–Crippen LogP) is 2.04. The molecule has 0 bridgehead atoms. The molecule has 0 spiro atoms. The average molecular weight is 352 g/mol. The van der Waals surface area contributed by atoms with Crippen molar-refractivity contribution in [3.63, 3.8) is 0 Å². The van der Waals surface area contributed by atoms with Crippen molar-refractivity contribution in [2.75, 3.05) is 6.79 Å². The lowest BCUT2D eigenvalue weighted by atomic mass is 10.1. The van der Waals surface area contributed by atoms with Crippen LogP contribution in [0, 0.1) is 9.39 Å². The molecule has 0 radical (unpaired) electrons. The van der Waals surface area contributed by atoms with E-state index in [1.165, 1.54) is 19.1 Å². The first-order valence-corrected chi connectivity index (χ1v) is 5.80. The van der Waals surface area contributed by atoms with E-state index in [0.717, 1.165) is 3.57 Å². The molecule has 0 aromatic heterocycles. The van der Waals surface area contributed by atoms with E-state index in [2.05, 4.69) is 9.47 Å². The minimum absolute atomic E-state index is 0.190. The maximum atomic E-state index is 13.4. The van der Waals surface area contributed by atoms with Gasteiger partial charge < -0.3 is 9.47 Å². The summed E-state index contributed by atoms with van der Waals surface area (Å²) in [5.74, 6) is -1.65. The summed E-state index contributed by atoms with van der Waals surface area (Å²) in [6.07, 6.45) is -0.190. The van der Waals surface area contributed by atoms with E-state index in [1.54, 1.807) is 6.07 Å². The van der Waals surface area contributed by atoms with Gasteiger partial charge in [-0.25, -0.2) is 4.39 Å². The monoisotopic (exact) mass is 352 g/mol. The fourth-order valence-corrected chi connectivity index (χ4v) is 1.50. The van der Waals surface area contributed by atoms with Gasteiger partial charge >= 0.3 is 11.9 Å². The Morgan fingerprint density at radius 3 is 2.65 bits per heavy atom. The molecule has 0 fully saturated rings. The number of benzene rings is 1. The minimum atomic E-state index is -0.647. The second kappa shape index (κ2) is 6.53. The molecule has 0 saturated carbocycles. The zero-order valence-corrected chi connectivity index (χ0v) is 11.2. The molecular formula is C11H10FIO4. The predicted molar refractivity (Wildman–Crippen MR) is 65.5 cm³/mol. The molecule has 0 aliphatic heterocycles. The lowest BCUT2D eigenvalue weighted by Gasteiger charge is -2.05. The van der Waals surface area contributed by atoms with Crippen LogP contribution in [0.25, 0.3) is 0 Å². The fraction of sp³-hybridized carbons (Fsp3) is 0.273. The van der Waals surface area contributed by atoms with Crippen LogP contribution < -0.4 is 0 Å². The molecule has 6 heteroatoms. The Labute approximate surface area is 111 Å². The Hall–Kier alpha value is -1.18. The molecule has 1 aromatic rings. The quantitative estimate of drug-likeness (QED) is 0.473. The maximum absolute atomic E-state index is 13.4. The topological polar surface area (TPSA) is 52.6 Å². The molecule has 0 aliphatic carbocycles. The van der Waals surface area contributed by atoms with E-state index < -0.39 is 24.5 Å². The second-order valence-corrected chi connectivity index (χ2v) is 4.43. The van der Waals surface area contributed by atoms with Crippen molar-refractivity contribution in [1.82, 2.24) is 0 Å². The van der Waals surface area contributed by atoms with Crippen molar-refractivity contribution in [2.45, 2.75) is 13.3 Å². The van der Waals surface area contributed by atoms with Gasteiger partial charge in [-0.2, -0.15) is 0 Å². The first kappa shape index (κ1) is 13.9. The van der Waals surface area contributed by atoms with Crippen molar-refractivity contribution in [3.8, 4) is 0 Å². The van der Waals surface area contributed by atoms with E-state index >= 15 is 0 Å². The largest absolute Gasteiger partial charge is 0.428 e. The summed E-state index contributed by atoms with van der Waals surface area (Å²) < 4.78 is 23.1. The fourth-order valence-electron chi connectivity index (χ4n) is 1.05. The Kier molecular flexibility index (Phi) is 5.33. The van der Waals surface area contributed by atoms with Gasteiger partial charge in [0.1, 0.15) is 5.82 Å². The Morgan fingerprint density at radius 1 is 1.35 bits per heavy atom. The Morgan fingerprint density at radius 2 is 2.06 bits per heavy atom. The van der Waals surface area contributed by atoms with Gasteiger partial charge in [0.05, 0.1) is 6.42 Å². The van der Waals surface area contributed by atoms with Gasteiger partial charge in [0.15, 0.2) is 0 Å². The normalized spacial score (nSPS) is 9.82. The number of halogens is 2. The molecule has 0 amide bonds. The van der Waals surface area contributed by atoms with Gasteiger partial charge in [0.2, 0.25) is 6.79 Å². The smallest absolute Gasteiger partial charge is 0.313 e. The number of rotatable bonds is 4. The van der Waals surface area contributed by atoms with Crippen LogP contribution in [0.1, 0.15) is 12.5 Å². The Balaban J connectivity index is 2.48. The van der Waals surface area contributed by atoms with Crippen LogP contribution in [0.3, 0.4) is 0 Å². The first-order valence-electron chi connectivity index (χ1n) is 4.72. The van der Waals surface area contributed by atoms with Crippen LogP contribution in [-0.4, -0.2) is 18.7 Å². The Bertz CT molecular complexity index is 433. The van der Waals surface area contributed by atoms with E-state index in [0.29, 0.717) is 0 Å². The third kappa shape index (κ3) is 5.12. The molecule has 0 unspecified atom stereocenters. The zero-order chi connectivity index (χ0) is 12.8. The molecule has 1 aromatic carbocycles. The second-order valence-electron chi connectivity index (χ2n) is 3.18. The molecule has 0 heterocycles. The van der Waals surface area contributed by atoms with Crippen molar-refractivity contribution in [2.24, 2.45) is 0 Å². The number of hydrogen-bond acceptors (Lipinski definition) is 4. The third-order valence-electron chi connectivity index (χ3n) is 1.83. The van der Waals surface area contributed by atoms with Crippen molar-refractivity contribution in [3.05, 3.63) is 33.1 Å². The van der Waals surface area contributed by atoms with Crippen LogP contribution in [0.15, 0.2) is 18.2 Å². The lowest BCUT2D eigenvalue weighted by molar-refractivity contribution is -0.165. The summed E-state index contributed by atoms with van der Waals surface area (Å²) in [6, 6.07) is 4.54. The van der Waals surface area contributed by atoms with Gasteiger partial charge in [-0.05, 0) is 40.3 Å². The summed E-state index contributed by atoms with van der Waals surface area (Å²) in [7, 11) is 0. The maximum Gasteiger partial charge on any atom is 0.313 e. The van der Waals surface area contributed by atoms with E-state index in [4.69, 9.17) is 0 Å². The molecule has 0 N–H and O–H groups in total. The zero-order valence-electron chi connectivity index (χ0n) is 9.04. The molecule has 1 rings (SSSR count). The highest BCUT2D eigenvalue weighted by Crippen LogP contribution is 2.13. The molecule has 0 saturated heterocycles. The molecule has 92 valence electrons. The van der Waals surface area contributed by atoms with Gasteiger partial charge in [-0.15, -0.1) is 0 Å². The third-order valence-corrected chi connectivity index (χ3v) is 2.50. The average Bonchev–Trinajstić information content (AvgIpc) is 2.21. The number of esters is 2. The van der Waals surface area contributed by atoms with Crippen molar-refractivity contribution >= 4 is 34.5 Å². The van der Waals surface area contributed by atoms with Crippen LogP contribution in [-0.2, 0) is 25.5 Å². The number of carbonyl (C=O) groups is 2. The van der Waals surface area contributed by atoms with Crippen molar-refractivity contribution in [1.29, 1.82) is 0 Å². The van der Waals surface area contributed by atoms with Crippen LogP contribution >= 0.6 is 22.6 Å². The molecular weight excluding hydrogens is 342 g/mol.